The monoisotopic (exact) mass is 231 g/mol. The van der Waals surface area contributed by atoms with Gasteiger partial charge in [-0.3, -0.25) is 0 Å². The van der Waals surface area contributed by atoms with Gasteiger partial charge in [-0.25, -0.2) is 0 Å². The van der Waals surface area contributed by atoms with E-state index in [-0.39, 0.29) is 0 Å². The molecule has 4 atom stereocenters. The summed E-state index contributed by atoms with van der Waals surface area (Å²) in [6.45, 7) is 1.86. The molecule has 4 unspecified atom stereocenters. The van der Waals surface area contributed by atoms with E-state index in [0.29, 0.717) is 17.6 Å². The molecule has 3 heteroatoms. The lowest BCUT2D eigenvalue weighted by Gasteiger charge is -2.34. The zero-order valence-corrected chi connectivity index (χ0v) is 10.0. The molecule has 1 N–H and O–H groups in total. The molecular weight excluding hydrogens is 214 g/mol. The van der Waals surface area contributed by atoms with E-state index in [2.05, 4.69) is 6.07 Å². The molecule has 2 aliphatic rings. The number of rotatable bonds is 2. The molecule has 1 heterocycles. The van der Waals surface area contributed by atoms with Crippen LogP contribution < -0.4 is 0 Å². The van der Waals surface area contributed by atoms with Gasteiger partial charge in [-0.05, 0) is 50.2 Å². The van der Waals surface area contributed by atoms with Gasteiger partial charge in [0.15, 0.2) is 0 Å². The lowest BCUT2D eigenvalue weighted by molar-refractivity contribution is 0.00758. The van der Waals surface area contributed by atoms with Gasteiger partial charge in [0.05, 0.1) is 11.5 Å². The van der Waals surface area contributed by atoms with Crippen molar-refractivity contribution in [3.8, 4) is 6.07 Å². The summed E-state index contributed by atoms with van der Waals surface area (Å²) in [6, 6.07) is 6.05. The summed E-state index contributed by atoms with van der Waals surface area (Å²) in [5.41, 5.74) is -0.604. The van der Waals surface area contributed by atoms with Crippen LogP contribution in [0.5, 0.6) is 0 Å². The predicted octanol–water partition coefficient (Wildman–Crippen LogP) is 2.95. The Kier molecular flexibility index (Phi) is 2.31. The molecule has 2 bridgehead atoms. The van der Waals surface area contributed by atoms with E-state index in [1.807, 2.05) is 13.0 Å². The van der Waals surface area contributed by atoms with E-state index in [9.17, 15) is 10.4 Å². The van der Waals surface area contributed by atoms with Gasteiger partial charge >= 0.3 is 0 Å². The average Bonchev–Trinajstić information content (AvgIpc) is 3.02. The maximum absolute atomic E-state index is 10.5. The van der Waals surface area contributed by atoms with Crippen molar-refractivity contribution in [2.45, 2.75) is 38.7 Å². The molecule has 1 aromatic heterocycles. The zero-order chi connectivity index (χ0) is 12.0. The van der Waals surface area contributed by atoms with Crippen molar-refractivity contribution in [2.24, 2.45) is 17.3 Å². The topological polar surface area (TPSA) is 57.2 Å². The summed E-state index contributed by atoms with van der Waals surface area (Å²) in [7, 11) is 0. The van der Waals surface area contributed by atoms with Gasteiger partial charge < -0.3 is 9.52 Å². The molecule has 0 spiro atoms. The summed E-state index contributed by atoms with van der Waals surface area (Å²) in [6.07, 6.45) is 3.46. The van der Waals surface area contributed by atoms with Crippen LogP contribution in [0.25, 0.3) is 0 Å². The van der Waals surface area contributed by atoms with Gasteiger partial charge in [0.2, 0.25) is 0 Å². The second-order valence-corrected chi connectivity index (χ2v) is 5.58. The van der Waals surface area contributed by atoms with Gasteiger partial charge in [-0.1, -0.05) is 6.42 Å². The molecule has 90 valence electrons. The van der Waals surface area contributed by atoms with Crippen LogP contribution in [0, 0.1) is 35.5 Å². The Balaban J connectivity index is 1.94. The van der Waals surface area contributed by atoms with E-state index in [1.54, 1.807) is 6.07 Å². The van der Waals surface area contributed by atoms with Crippen molar-refractivity contribution in [3.63, 3.8) is 0 Å². The van der Waals surface area contributed by atoms with Crippen LogP contribution in [0.4, 0.5) is 0 Å². The van der Waals surface area contributed by atoms with Gasteiger partial charge in [0.1, 0.15) is 17.6 Å². The third-order valence-corrected chi connectivity index (χ3v) is 4.62. The molecule has 0 amide bonds. The van der Waals surface area contributed by atoms with E-state index >= 15 is 0 Å². The summed E-state index contributed by atoms with van der Waals surface area (Å²) in [5, 5.41) is 20.0. The number of hydrogen-bond acceptors (Lipinski definition) is 3. The number of aliphatic hydroxyl groups is 1. The Labute approximate surface area is 101 Å². The third kappa shape index (κ3) is 1.44. The summed E-state index contributed by atoms with van der Waals surface area (Å²) < 4.78 is 5.49. The largest absolute Gasteiger partial charge is 0.464 e. The zero-order valence-electron chi connectivity index (χ0n) is 10.0. The maximum Gasteiger partial charge on any atom is 0.134 e. The van der Waals surface area contributed by atoms with Crippen LogP contribution >= 0.6 is 0 Å². The van der Waals surface area contributed by atoms with E-state index in [0.717, 1.165) is 25.0 Å². The molecule has 1 aromatic rings. The quantitative estimate of drug-likeness (QED) is 0.851. The fourth-order valence-corrected chi connectivity index (χ4v) is 3.76. The Bertz CT molecular complexity index is 473. The molecule has 0 radical (unpaired) electrons. The summed E-state index contributed by atoms with van der Waals surface area (Å²) in [5.74, 6) is 2.31. The minimum Gasteiger partial charge on any atom is -0.464 e. The van der Waals surface area contributed by atoms with Crippen LogP contribution in [0.2, 0.25) is 0 Å². The highest BCUT2D eigenvalue weighted by Crippen LogP contribution is 2.60. The standard InChI is InChI=1S/C14H17NO2/c1-9-2-5-12(17-9)13(16)14(8-15)7-10-3-4-11(14)6-10/h2,5,10-11,13,16H,3-4,6-7H2,1H3. The van der Waals surface area contributed by atoms with Gasteiger partial charge in [0.25, 0.3) is 0 Å². The van der Waals surface area contributed by atoms with Crippen LogP contribution in [-0.2, 0) is 0 Å². The number of nitriles is 1. The smallest absolute Gasteiger partial charge is 0.134 e. The highest BCUT2D eigenvalue weighted by atomic mass is 16.4. The van der Waals surface area contributed by atoms with Crippen molar-refractivity contribution in [1.29, 1.82) is 5.26 Å². The first-order valence-corrected chi connectivity index (χ1v) is 6.31. The molecule has 2 saturated carbocycles. The van der Waals surface area contributed by atoms with E-state index in [1.165, 1.54) is 6.42 Å². The van der Waals surface area contributed by atoms with Crippen molar-refractivity contribution in [3.05, 3.63) is 23.7 Å². The molecule has 0 aromatic carbocycles. The molecule has 3 rings (SSSR count). The van der Waals surface area contributed by atoms with Crippen molar-refractivity contribution >= 4 is 0 Å². The fraction of sp³-hybridized carbons (Fsp3) is 0.643. The Morgan fingerprint density at radius 3 is 2.82 bits per heavy atom. The SMILES string of the molecule is Cc1ccc(C(O)C2(C#N)CC3CCC2C3)o1. The van der Waals surface area contributed by atoms with Crippen LogP contribution in [-0.4, -0.2) is 5.11 Å². The van der Waals surface area contributed by atoms with E-state index in [4.69, 9.17) is 4.42 Å². The van der Waals surface area contributed by atoms with Gasteiger partial charge in [0, 0.05) is 0 Å². The Morgan fingerprint density at radius 1 is 1.53 bits per heavy atom. The van der Waals surface area contributed by atoms with Crippen molar-refractivity contribution < 1.29 is 9.52 Å². The molecule has 3 nitrogen and oxygen atoms in total. The number of nitrogens with zero attached hydrogens (tertiary/aromatic N) is 1. The first-order valence-electron chi connectivity index (χ1n) is 6.31. The highest BCUT2D eigenvalue weighted by Gasteiger charge is 2.56. The molecule has 2 aliphatic carbocycles. The number of fused-ring (bicyclic) bond motifs is 2. The van der Waals surface area contributed by atoms with Gasteiger partial charge in [-0.2, -0.15) is 5.26 Å². The number of aryl methyl sites for hydroxylation is 1. The highest BCUT2D eigenvalue weighted by molar-refractivity contribution is 5.21. The molecular formula is C14H17NO2. The van der Waals surface area contributed by atoms with Crippen LogP contribution in [0.3, 0.4) is 0 Å². The number of aliphatic hydroxyl groups excluding tert-OH is 1. The minimum atomic E-state index is -0.767. The molecule has 0 aliphatic heterocycles. The third-order valence-electron chi connectivity index (χ3n) is 4.62. The number of hydrogen-bond donors (Lipinski definition) is 1. The lowest BCUT2D eigenvalue weighted by Crippen LogP contribution is -2.33. The van der Waals surface area contributed by atoms with Crippen LogP contribution in [0.1, 0.15) is 43.3 Å². The first-order chi connectivity index (χ1) is 8.15. The van der Waals surface area contributed by atoms with Crippen molar-refractivity contribution in [2.75, 3.05) is 0 Å². The lowest BCUT2D eigenvalue weighted by atomic mass is 9.69. The second kappa shape index (κ2) is 3.61. The van der Waals surface area contributed by atoms with Crippen LogP contribution in [0.15, 0.2) is 16.5 Å². The molecule has 2 fully saturated rings. The summed E-state index contributed by atoms with van der Waals surface area (Å²) >= 11 is 0. The second-order valence-electron chi connectivity index (χ2n) is 5.58. The molecule has 17 heavy (non-hydrogen) atoms. The van der Waals surface area contributed by atoms with E-state index < -0.39 is 11.5 Å². The molecule has 0 saturated heterocycles. The fourth-order valence-electron chi connectivity index (χ4n) is 3.76. The number of furan rings is 1. The maximum atomic E-state index is 10.5. The summed E-state index contributed by atoms with van der Waals surface area (Å²) in [4.78, 5) is 0. The Hall–Kier alpha value is -1.27. The average molecular weight is 231 g/mol. The minimum absolute atomic E-state index is 0.345. The van der Waals surface area contributed by atoms with Crippen molar-refractivity contribution in [1.82, 2.24) is 0 Å². The Morgan fingerprint density at radius 2 is 2.35 bits per heavy atom. The normalized spacial score (nSPS) is 37.0. The van der Waals surface area contributed by atoms with Gasteiger partial charge in [-0.15, -0.1) is 0 Å². The first kappa shape index (κ1) is 10.9. The predicted molar refractivity (Wildman–Crippen MR) is 61.9 cm³/mol.